The van der Waals surface area contributed by atoms with Crippen molar-refractivity contribution in [2.75, 3.05) is 11.9 Å². The lowest BCUT2D eigenvalue weighted by molar-refractivity contribution is -0.384. The third-order valence-corrected chi connectivity index (χ3v) is 3.45. The van der Waals surface area contributed by atoms with Crippen LogP contribution in [0.5, 0.6) is 0 Å². The fourth-order valence-corrected chi connectivity index (χ4v) is 2.12. The van der Waals surface area contributed by atoms with Gasteiger partial charge in [-0.25, -0.2) is 0 Å². The van der Waals surface area contributed by atoms with Crippen LogP contribution in [0.15, 0.2) is 22.7 Å². The Morgan fingerprint density at radius 3 is 2.80 bits per heavy atom. The van der Waals surface area contributed by atoms with Gasteiger partial charge in [-0.15, -0.1) is 0 Å². The SMILES string of the molecule is CC(CCNc1ccc(Br)cc1[N+](=O)[O-])CCC(=O)O. The van der Waals surface area contributed by atoms with Crippen LogP contribution in [0.3, 0.4) is 0 Å². The summed E-state index contributed by atoms with van der Waals surface area (Å²) in [7, 11) is 0. The molecule has 20 heavy (non-hydrogen) atoms. The molecule has 110 valence electrons. The van der Waals surface area contributed by atoms with Gasteiger partial charge < -0.3 is 10.4 Å². The average molecular weight is 345 g/mol. The van der Waals surface area contributed by atoms with E-state index in [1.54, 1.807) is 12.1 Å². The molecule has 2 N–H and O–H groups in total. The molecule has 7 heteroatoms. The van der Waals surface area contributed by atoms with Crippen molar-refractivity contribution in [3.05, 3.63) is 32.8 Å². The molecule has 1 unspecified atom stereocenters. The maximum atomic E-state index is 10.9. The summed E-state index contributed by atoms with van der Waals surface area (Å²) >= 11 is 3.20. The second-order valence-corrected chi connectivity index (χ2v) is 5.59. The summed E-state index contributed by atoms with van der Waals surface area (Å²) in [5.41, 5.74) is 0.501. The first kappa shape index (κ1) is 16.4. The van der Waals surface area contributed by atoms with Crippen molar-refractivity contribution in [2.45, 2.75) is 26.2 Å². The van der Waals surface area contributed by atoms with E-state index in [9.17, 15) is 14.9 Å². The van der Waals surface area contributed by atoms with Crippen molar-refractivity contribution in [1.29, 1.82) is 0 Å². The predicted octanol–water partition coefficient (Wildman–Crippen LogP) is 3.66. The molecular weight excluding hydrogens is 328 g/mol. The van der Waals surface area contributed by atoms with Gasteiger partial charge in [0.15, 0.2) is 0 Å². The van der Waals surface area contributed by atoms with E-state index < -0.39 is 10.9 Å². The van der Waals surface area contributed by atoms with E-state index >= 15 is 0 Å². The lowest BCUT2D eigenvalue weighted by atomic mass is 10.0. The minimum Gasteiger partial charge on any atom is -0.481 e. The van der Waals surface area contributed by atoms with Gasteiger partial charge in [0.25, 0.3) is 5.69 Å². The number of nitrogens with one attached hydrogen (secondary N) is 1. The molecule has 6 nitrogen and oxygen atoms in total. The highest BCUT2D eigenvalue weighted by atomic mass is 79.9. The van der Waals surface area contributed by atoms with Crippen LogP contribution in [0.25, 0.3) is 0 Å². The topological polar surface area (TPSA) is 92.5 Å². The zero-order chi connectivity index (χ0) is 15.1. The first-order valence-corrected chi connectivity index (χ1v) is 7.09. The van der Waals surface area contributed by atoms with Gasteiger partial charge in [0.2, 0.25) is 0 Å². The highest BCUT2D eigenvalue weighted by Gasteiger charge is 2.14. The number of hydrogen-bond donors (Lipinski definition) is 2. The maximum absolute atomic E-state index is 10.9. The van der Waals surface area contributed by atoms with Crippen LogP contribution in [0.4, 0.5) is 11.4 Å². The molecule has 0 heterocycles. The number of carboxylic acids is 1. The summed E-state index contributed by atoms with van der Waals surface area (Å²) in [6, 6.07) is 4.85. The molecule has 0 saturated heterocycles. The van der Waals surface area contributed by atoms with E-state index in [1.807, 2.05) is 6.92 Å². The van der Waals surface area contributed by atoms with Gasteiger partial charge in [-0.1, -0.05) is 22.9 Å². The number of halogens is 1. The number of rotatable bonds is 8. The Bertz CT molecular complexity index is 493. The van der Waals surface area contributed by atoms with Gasteiger partial charge in [0, 0.05) is 23.5 Å². The average Bonchev–Trinajstić information content (AvgIpc) is 2.37. The summed E-state index contributed by atoms with van der Waals surface area (Å²) in [6.07, 6.45) is 1.53. The summed E-state index contributed by atoms with van der Waals surface area (Å²) in [5.74, 6) is -0.540. The summed E-state index contributed by atoms with van der Waals surface area (Å²) in [4.78, 5) is 21.0. The van der Waals surface area contributed by atoms with Crippen molar-refractivity contribution >= 4 is 33.3 Å². The highest BCUT2D eigenvalue weighted by Crippen LogP contribution is 2.28. The molecule has 0 fully saturated rings. The quantitative estimate of drug-likeness (QED) is 0.554. The van der Waals surface area contributed by atoms with Crippen molar-refractivity contribution in [2.24, 2.45) is 5.92 Å². The number of nitro benzene ring substituents is 1. The van der Waals surface area contributed by atoms with E-state index in [-0.39, 0.29) is 18.0 Å². The van der Waals surface area contributed by atoms with Crippen molar-refractivity contribution in [3.8, 4) is 0 Å². The van der Waals surface area contributed by atoms with Crippen molar-refractivity contribution < 1.29 is 14.8 Å². The zero-order valence-electron chi connectivity index (χ0n) is 11.1. The molecule has 0 aliphatic heterocycles. The Hall–Kier alpha value is -1.63. The van der Waals surface area contributed by atoms with E-state index in [0.29, 0.717) is 23.1 Å². The van der Waals surface area contributed by atoms with E-state index in [2.05, 4.69) is 21.2 Å². The molecule has 0 spiro atoms. The lowest BCUT2D eigenvalue weighted by Gasteiger charge is -2.11. The number of aliphatic carboxylic acids is 1. The molecule has 1 aromatic rings. The van der Waals surface area contributed by atoms with E-state index in [4.69, 9.17) is 5.11 Å². The number of nitro groups is 1. The molecule has 0 aliphatic carbocycles. The molecule has 0 aromatic heterocycles. The minimum absolute atomic E-state index is 0.0255. The fourth-order valence-electron chi connectivity index (χ4n) is 1.77. The second kappa shape index (κ2) is 7.84. The predicted molar refractivity (Wildman–Crippen MR) is 79.9 cm³/mol. The third kappa shape index (κ3) is 5.56. The Morgan fingerprint density at radius 2 is 2.20 bits per heavy atom. The molecule has 0 saturated carbocycles. The van der Waals surface area contributed by atoms with Crippen LogP contribution in [0.1, 0.15) is 26.2 Å². The van der Waals surface area contributed by atoms with Gasteiger partial charge in [0.05, 0.1) is 4.92 Å². The molecule has 1 atom stereocenters. The first-order valence-electron chi connectivity index (χ1n) is 6.29. The molecular formula is C13H17BrN2O4. The molecule has 1 aromatic carbocycles. The largest absolute Gasteiger partial charge is 0.481 e. The van der Waals surface area contributed by atoms with Gasteiger partial charge in [-0.05, 0) is 30.9 Å². The maximum Gasteiger partial charge on any atom is 0.303 e. The van der Waals surface area contributed by atoms with E-state index in [0.717, 1.165) is 6.42 Å². The van der Waals surface area contributed by atoms with Crippen molar-refractivity contribution in [3.63, 3.8) is 0 Å². The van der Waals surface area contributed by atoms with Crippen LogP contribution in [0, 0.1) is 16.0 Å². The standard InChI is InChI=1S/C13H17BrN2O4/c1-9(2-5-13(17)18)6-7-15-11-4-3-10(14)8-12(11)16(19)20/h3-4,8-9,15H,2,5-7H2,1H3,(H,17,18). The lowest BCUT2D eigenvalue weighted by Crippen LogP contribution is -2.09. The number of carbonyl (C=O) groups is 1. The van der Waals surface area contributed by atoms with Crippen LogP contribution >= 0.6 is 15.9 Å². The normalized spacial score (nSPS) is 11.9. The summed E-state index contributed by atoms with van der Waals surface area (Å²) in [5, 5.41) is 22.6. The monoisotopic (exact) mass is 344 g/mol. The minimum atomic E-state index is -0.798. The molecule has 1 rings (SSSR count). The summed E-state index contributed by atoms with van der Waals surface area (Å²) < 4.78 is 0.657. The number of hydrogen-bond acceptors (Lipinski definition) is 4. The Labute approximate surface area is 125 Å². The molecule has 0 amide bonds. The van der Waals surface area contributed by atoms with Gasteiger partial charge in [-0.3, -0.25) is 14.9 Å². The van der Waals surface area contributed by atoms with Gasteiger partial charge in [0.1, 0.15) is 5.69 Å². The first-order chi connectivity index (χ1) is 9.40. The van der Waals surface area contributed by atoms with Crippen LogP contribution in [-0.2, 0) is 4.79 Å². The Balaban J connectivity index is 2.49. The van der Waals surface area contributed by atoms with Crippen LogP contribution in [0.2, 0.25) is 0 Å². The van der Waals surface area contributed by atoms with Crippen molar-refractivity contribution in [1.82, 2.24) is 0 Å². The number of nitrogens with zero attached hydrogens (tertiary/aromatic N) is 1. The summed E-state index contributed by atoms with van der Waals surface area (Å²) in [6.45, 7) is 2.55. The van der Waals surface area contributed by atoms with Gasteiger partial charge >= 0.3 is 5.97 Å². The zero-order valence-corrected chi connectivity index (χ0v) is 12.7. The number of anilines is 1. The van der Waals surface area contributed by atoms with Gasteiger partial charge in [-0.2, -0.15) is 0 Å². The molecule has 0 bridgehead atoms. The smallest absolute Gasteiger partial charge is 0.303 e. The Morgan fingerprint density at radius 1 is 1.50 bits per heavy atom. The fraction of sp³-hybridized carbons (Fsp3) is 0.462. The third-order valence-electron chi connectivity index (χ3n) is 2.96. The van der Waals surface area contributed by atoms with E-state index in [1.165, 1.54) is 6.07 Å². The van der Waals surface area contributed by atoms with Crippen LogP contribution < -0.4 is 5.32 Å². The Kier molecular flexibility index (Phi) is 6.44. The number of carboxylic acid groups (broad SMARTS) is 1. The molecule has 0 aliphatic rings. The highest BCUT2D eigenvalue weighted by molar-refractivity contribution is 9.10. The molecule has 0 radical (unpaired) electrons. The second-order valence-electron chi connectivity index (χ2n) is 4.67. The van der Waals surface area contributed by atoms with Crippen LogP contribution in [-0.4, -0.2) is 22.5 Å². The number of benzene rings is 1.